The minimum atomic E-state index is 0.457. The van der Waals surface area contributed by atoms with Crippen LogP contribution in [0.4, 0.5) is 11.4 Å². The van der Waals surface area contributed by atoms with E-state index in [0.717, 1.165) is 12.2 Å². The second-order valence-electron chi connectivity index (χ2n) is 4.40. The molecule has 0 bridgehead atoms. The number of hydrogen-bond acceptors (Lipinski definition) is 3. The average molecular weight is 246 g/mol. The van der Waals surface area contributed by atoms with Gasteiger partial charge in [-0.05, 0) is 43.5 Å². The van der Waals surface area contributed by atoms with Crippen molar-refractivity contribution in [3.63, 3.8) is 0 Å². The van der Waals surface area contributed by atoms with E-state index >= 15 is 0 Å². The van der Waals surface area contributed by atoms with Crippen molar-refractivity contribution < 1.29 is 0 Å². The van der Waals surface area contributed by atoms with E-state index in [4.69, 9.17) is 5.73 Å². The molecule has 17 heavy (non-hydrogen) atoms. The first-order chi connectivity index (χ1) is 8.16. The van der Waals surface area contributed by atoms with Crippen molar-refractivity contribution in [3.05, 3.63) is 46.7 Å². The van der Waals surface area contributed by atoms with Crippen LogP contribution in [0.15, 0.2) is 41.8 Å². The third-order valence-electron chi connectivity index (χ3n) is 2.73. The minimum absolute atomic E-state index is 0.457. The summed E-state index contributed by atoms with van der Waals surface area (Å²) in [6.07, 6.45) is 0. The first-order valence-electron chi connectivity index (χ1n) is 5.81. The number of anilines is 2. The first-order valence-corrected chi connectivity index (χ1v) is 6.69. The third kappa shape index (κ3) is 3.01. The molecule has 1 aromatic heterocycles. The fourth-order valence-corrected chi connectivity index (χ4v) is 2.55. The maximum atomic E-state index is 5.85. The molecule has 0 aliphatic carbocycles. The lowest BCUT2D eigenvalue weighted by Gasteiger charge is -2.28. The van der Waals surface area contributed by atoms with E-state index in [0.29, 0.717) is 6.04 Å². The van der Waals surface area contributed by atoms with Crippen molar-refractivity contribution in [2.24, 2.45) is 0 Å². The van der Waals surface area contributed by atoms with Crippen LogP contribution in [0.25, 0.3) is 0 Å². The topological polar surface area (TPSA) is 29.3 Å². The molecule has 0 atom stereocenters. The Hall–Kier alpha value is -1.48. The number of nitrogens with two attached hydrogens (primary N) is 1. The van der Waals surface area contributed by atoms with Crippen LogP contribution >= 0.6 is 11.3 Å². The Morgan fingerprint density at radius 2 is 2.06 bits per heavy atom. The number of thiophene rings is 1. The van der Waals surface area contributed by atoms with Crippen molar-refractivity contribution in [1.82, 2.24) is 0 Å². The van der Waals surface area contributed by atoms with Gasteiger partial charge < -0.3 is 10.6 Å². The molecule has 2 N–H and O–H groups in total. The molecule has 0 fully saturated rings. The quantitative estimate of drug-likeness (QED) is 0.833. The van der Waals surface area contributed by atoms with Crippen molar-refractivity contribution >= 4 is 22.7 Å². The highest BCUT2D eigenvalue weighted by Crippen LogP contribution is 2.23. The summed E-state index contributed by atoms with van der Waals surface area (Å²) >= 11 is 1.79. The lowest BCUT2D eigenvalue weighted by molar-refractivity contribution is 0.687. The fraction of sp³-hybridized carbons (Fsp3) is 0.286. The van der Waals surface area contributed by atoms with Crippen LogP contribution in [0, 0.1) is 0 Å². The van der Waals surface area contributed by atoms with Gasteiger partial charge in [0.15, 0.2) is 0 Å². The summed E-state index contributed by atoms with van der Waals surface area (Å²) in [5.74, 6) is 0. The van der Waals surface area contributed by atoms with E-state index in [2.05, 4.69) is 42.3 Å². The van der Waals surface area contributed by atoms with Gasteiger partial charge in [-0.25, -0.2) is 0 Å². The van der Waals surface area contributed by atoms with E-state index in [1.54, 1.807) is 11.3 Å². The van der Waals surface area contributed by atoms with Gasteiger partial charge in [0.1, 0.15) is 0 Å². The summed E-state index contributed by atoms with van der Waals surface area (Å²) in [6, 6.07) is 12.8. The van der Waals surface area contributed by atoms with Crippen molar-refractivity contribution in [2.45, 2.75) is 26.4 Å². The Balaban J connectivity index is 2.23. The van der Waals surface area contributed by atoms with Gasteiger partial charge in [0, 0.05) is 22.3 Å². The highest BCUT2D eigenvalue weighted by Gasteiger charge is 2.11. The second-order valence-corrected chi connectivity index (χ2v) is 5.43. The number of hydrogen-bond donors (Lipinski definition) is 1. The summed E-state index contributed by atoms with van der Waals surface area (Å²) < 4.78 is 0. The molecule has 0 saturated heterocycles. The van der Waals surface area contributed by atoms with Gasteiger partial charge in [-0.2, -0.15) is 0 Å². The second kappa shape index (κ2) is 5.23. The van der Waals surface area contributed by atoms with Gasteiger partial charge in [-0.15, -0.1) is 11.3 Å². The smallest absolute Gasteiger partial charge is 0.0525 e. The summed E-state index contributed by atoms with van der Waals surface area (Å²) in [6.45, 7) is 5.35. The molecular formula is C14H18N2S. The van der Waals surface area contributed by atoms with Crippen LogP contribution in [0.3, 0.4) is 0 Å². The zero-order chi connectivity index (χ0) is 12.3. The molecule has 0 amide bonds. The van der Waals surface area contributed by atoms with Gasteiger partial charge in [0.05, 0.1) is 6.54 Å². The normalized spacial score (nSPS) is 10.8. The van der Waals surface area contributed by atoms with Gasteiger partial charge >= 0.3 is 0 Å². The Bertz CT molecular complexity index is 463. The molecule has 0 aliphatic heterocycles. The van der Waals surface area contributed by atoms with E-state index in [1.807, 2.05) is 18.2 Å². The number of benzene rings is 1. The van der Waals surface area contributed by atoms with Crippen molar-refractivity contribution in [3.8, 4) is 0 Å². The molecule has 3 heteroatoms. The largest absolute Gasteiger partial charge is 0.399 e. The van der Waals surface area contributed by atoms with Crippen LogP contribution in [0.2, 0.25) is 0 Å². The SMILES string of the molecule is CC(C)N(Cc1cccs1)c1cccc(N)c1. The Labute approximate surface area is 107 Å². The van der Waals surface area contributed by atoms with E-state index < -0.39 is 0 Å². The fourth-order valence-electron chi connectivity index (χ4n) is 1.85. The molecule has 0 aliphatic rings. The summed E-state index contributed by atoms with van der Waals surface area (Å²) in [5, 5.41) is 2.12. The molecule has 0 radical (unpaired) electrons. The summed E-state index contributed by atoms with van der Waals surface area (Å²) in [4.78, 5) is 3.74. The van der Waals surface area contributed by atoms with Crippen LogP contribution in [0.1, 0.15) is 18.7 Å². The third-order valence-corrected chi connectivity index (χ3v) is 3.59. The molecule has 0 saturated carbocycles. The molecule has 1 heterocycles. The first kappa shape index (κ1) is 12.0. The van der Waals surface area contributed by atoms with Crippen molar-refractivity contribution in [1.29, 1.82) is 0 Å². The molecule has 0 unspecified atom stereocenters. The number of nitrogens with zero attached hydrogens (tertiary/aromatic N) is 1. The van der Waals surface area contributed by atoms with Crippen molar-refractivity contribution in [2.75, 3.05) is 10.6 Å². The molecule has 0 spiro atoms. The van der Waals surface area contributed by atoms with E-state index in [1.165, 1.54) is 10.6 Å². The highest BCUT2D eigenvalue weighted by atomic mass is 32.1. The summed E-state index contributed by atoms with van der Waals surface area (Å²) in [7, 11) is 0. The zero-order valence-electron chi connectivity index (χ0n) is 10.3. The molecule has 1 aromatic carbocycles. The maximum absolute atomic E-state index is 5.85. The van der Waals surface area contributed by atoms with Gasteiger partial charge in [0.2, 0.25) is 0 Å². The molecule has 2 aromatic rings. The predicted molar refractivity (Wildman–Crippen MR) is 76.5 cm³/mol. The molecule has 90 valence electrons. The van der Waals surface area contributed by atoms with Crippen LogP contribution in [-0.2, 0) is 6.54 Å². The molecule has 2 rings (SSSR count). The highest BCUT2D eigenvalue weighted by molar-refractivity contribution is 7.09. The van der Waals surface area contributed by atoms with Gasteiger partial charge in [-0.1, -0.05) is 12.1 Å². The zero-order valence-corrected chi connectivity index (χ0v) is 11.1. The van der Waals surface area contributed by atoms with Crippen LogP contribution in [-0.4, -0.2) is 6.04 Å². The Morgan fingerprint density at radius 1 is 1.24 bits per heavy atom. The molecule has 2 nitrogen and oxygen atoms in total. The molecular weight excluding hydrogens is 228 g/mol. The van der Waals surface area contributed by atoms with Gasteiger partial charge in [0.25, 0.3) is 0 Å². The lowest BCUT2D eigenvalue weighted by atomic mass is 10.2. The Kier molecular flexibility index (Phi) is 3.69. The minimum Gasteiger partial charge on any atom is -0.399 e. The number of nitrogen functional groups attached to an aromatic ring is 1. The number of rotatable bonds is 4. The predicted octanol–water partition coefficient (Wildman–Crippen LogP) is 3.75. The monoisotopic (exact) mass is 246 g/mol. The standard InChI is InChI=1S/C14H18N2S/c1-11(2)16(10-14-7-4-8-17-14)13-6-3-5-12(15)9-13/h3-9,11H,10,15H2,1-2H3. The maximum Gasteiger partial charge on any atom is 0.0525 e. The summed E-state index contributed by atoms with van der Waals surface area (Å²) in [5.41, 5.74) is 7.85. The van der Waals surface area contributed by atoms with Gasteiger partial charge in [-0.3, -0.25) is 0 Å². The van der Waals surface area contributed by atoms with E-state index in [9.17, 15) is 0 Å². The van der Waals surface area contributed by atoms with Crippen LogP contribution in [0.5, 0.6) is 0 Å². The lowest BCUT2D eigenvalue weighted by Crippen LogP contribution is -2.29. The van der Waals surface area contributed by atoms with E-state index in [-0.39, 0.29) is 0 Å². The average Bonchev–Trinajstić information content (AvgIpc) is 2.78. The van der Waals surface area contributed by atoms with Crippen LogP contribution < -0.4 is 10.6 Å². The Morgan fingerprint density at radius 3 is 2.65 bits per heavy atom.